The maximum absolute atomic E-state index is 13.3. The number of rotatable bonds is 5. The fraction of sp³-hybridized carbons (Fsp3) is 0.417. The van der Waals surface area contributed by atoms with Crippen LogP contribution in [0.2, 0.25) is 0 Å². The molecule has 0 heterocycles. The predicted molar refractivity (Wildman–Crippen MR) is 63.0 cm³/mol. The molecule has 1 aromatic rings. The summed E-state index contributed by atoms with van der Waals surface area (Å²) in [6.45, 7) is 1.89. The highest BCUT2D eigenvalue weighted by Crippen LogP contribution is 2.10. The predicted octanol–water partition coefficient (Wildman–Crippen LogP) is 2.64. The summed E-state index contributed by atoms with van der Waals surface area (Å²) >= 11 is 5.63. The van der Waals surface area contributed by atoms with Crippen LogP contribution in [0.1, 0.15) is 18.9 Å². The van der Waals surface area contributed by atoms with E-state index in [-0.39, 0.29) is 23.9 Å². The van der Waals surface area contributed by atoms with E-state index in [4.69, 9.17) is 11.6 Å². The SMILES string of the molecule is CCC(CCl)NC(=O)Cc1ccc(F)cc1F. The van der Waals surface area contributed by atoms with Crippen molar-refractivity contribution in [1.29, 1.82) is 0 Å². The Balaban J connectivity index is 2.62. The molecule has 17 heavy (non-hydrogen) atoms. The van der Waals surface area contributed by atoms with Gasteiger partial charge in [-0.2, -0.15) is 0 Å². The molecule has 1 rings (SSSR count). The summed E-state index contributed by atoms with van der Waals surface area (Å²) in [5.41, 5.74) is 0.174. The third-order valence-electron chi connectivity index (χ3n) is 2.41. The van der Waals surface area contributed by atoms with Crippen LogP contribution in [0, 0.1) is 11.6 Å². The molecule has 0 aromatic heterocycles. The molecule has 0 aliphatic rings. The Morgan fingerprint density at radius 3 is 2.71 bits per heavy atom. The lowest BCUT2D eigenvalue weighted by Gasteiger charge is -2.13. The number of alkyl halides is 1. The summed E-state index contributed by atoms with van der Waals surface area (Å²) < 4.78 is 25.9. The number of hydrogen-bond acceptors (Lipinski definition) is 1. The van der Waals surface area contributed by atoms with Crippen LogP contribution in [0.4, 0.5) is 8.78 Å². The van der Waals surface area contributed by atoms with Gasteiger partial charge in [0.05, 0.1) is 6.42 Å². The Morgan fingerprint density at radius 2 is 2.18 bits per heavy atom. The Labute approximate surface area is 104 Å². The molecule has 94 valence electrons. The molecular formula is C12H14ClF2NO. The van der Waals surface area contributed by atoms with Gasteiger partial charge in [-0.3, -0.25) is 4.79 Å². The van der Waals surface area contributed by atoms with E-state index < -0.39 is 11.6 Å². The van der Waals surface area contributed by atoms with Gasteiger partial charge in [-0.1, -0.05) is 13.0 Å². The van der Waals surface area contributed by atoms with Crippen LogP contribution in [0.25, 0.3) is 0 Å². The van der Waals surface area contributed by atoms with Gasteiger partial charge in [0.1, 0.15) is 11.6 Å². The van der Waals surface area contributed by atoms with Crippen LogP contribution in [0.3, 0.4) is 0 Å². The normalized spacial score (nSPS) is 12.2. The number of nitrogens with one attached hydrogen (secondary N) is 1. The molecule has 1 amide bonds. The molecule has 0 spiro atoms. The molecular weight excluding hydrogens is 248 g/mol. The molecule has 0 aliphatic carbocycles. The Hall–Kier alpha value is -1.16. The van der Waals surface area contributed by atoms with Crippen molar-refractivity contribution in [3.05, 3.63) is 35.4 Å². The summed E-state index contributed by atoms with van der Waals surface area (Å²) in [5.74, 6) is -1.37. The Morgan fingerprint density at radius 1 is 1.47 bits per heavy atom. The number of carbonyl (C=O) groups excluding carboxylic acids is 1. The van der Waals surface area contributed by atoms with Crippen LogP contribution in [-0.2, 0) is 11.2 Å². The first-order valence-corrected chi connectivity index (χ1v) is 5.89. The van der Waals surface area contributed by atoms with Gasteiger partial charge >= 0.3 is 0 Å². The second-order valence-electron chi connectivity index (χ2n) is 3.74. The van der Waals surface area contributed by atoms with E-state index in [1.807, 2.05) is 6.92 Å². The van der Waals surface area contributed by atoms with Gasteiger partial charge in [-0.25, -0.2) is 8.78 Å². The van der Waals surface area contributed by atoms with E-state index in [1.54, 1.807) is 0 Å². The van der Waals surface area contributed by atoms with Crippen molar-refractivity contribution in [3.8, 4) is 0 Å². The first-order chi connectivity index (χ1) is 8.06. The van der Waals surface area contributed by atoms with E-state index in [2.05, 4.69) is 5.32 Å². The lowest BCUT2D eigenvalue weighted by molar-refractivity contribution is -0.121. The number of halogens is 3. The molecule has 1 aromatic carbocycles. The first kappa shape index (κ1) is 13.9. The van der Waals surface area contributed by atoms with E-state index >= 15 is 0 Å². The van der Waals surface area contributed by atoms with Crippen LogP contribution >= 0.6 is 11.6 Å². The minimum atomic E-state index is -0.709. The van der Waals surface area contributed by atoms with Crippen molar-refractivity contribution in [2.75, 3.05) is 5.88 Å². The van der Waals surface area contributed by atoms with Gasteiger partial charge in [0.25, 0.3) is 0 Å². The highest BCUT2D eigenvalue weighted by Gasteiger charge is 2.12. The molecule has 2 nitrogen and oxygen atoms in total. The second-order valence-corrected chi connectivity index (χ2v) is 4.05. The van der Waals surface area contributed by atoms with Gasteiger partial charge in [0, 0.05) is 18.0 Å². The molecule has 0 bridgehead atoms. The van der Waals surface area contributed by atoms with Crippen molar-refractivity contribution in [1.82, 2.24) is 5.32 Å². The van der Waals surface area contributed by atoms with Crippen molar-refractivity contribution in [2.45, 2.75) is 25.8 Å². The van der Waals surface area contributed by atoms with E-state index in [1.165, 1.54) is 6.07 Å². The zero-order valence-electron chi connectivity index (χ0n) is 9.47. The third kappa shape index (κ3) is 4.30. The van der Waals surface area contributed by atoms with Crippen LogP contribution in [-0.4, -0.2) is 17.8 Å². The van der Waals surface area contributed by atoms with E-state index in [0.29, 0.717) is 12.3 Å². The molecule has 1 N–H and O–H groups in total. The van der Waals surface area contributed by atoms with Crippen molar-refractivity contribution in [2.24, 2.45) is 0 Å². The molecule has 0 radical (unpaired) electrons. The minimum absolute atomic E-state index is 0.112. The second kappa shape index (κ2) is 6.55. The summed E-state index contributed by atoms with van der Waals surface area (Å²) in [5, 5.41) is 2.68. The minimum Gasteiger partial charge on any atom is -0.352 e. The fourth-order valence-electron chi connectivity index (χ4n) is 1.37. The number of hydrogen-bond donors (Lipinski definition) is 1. The lowest BCUT2D eigenvalue weighted by atomic mass is 10.1. The quantitative estimate of drug-likeness (QED) is 0.811. The zero-order valence-corrected chi connectivity index (χ0v) is 10.2. The van der Waals surface area contributed by atoms with Crippen LogP contribution < -0.4 is 5.32 Å². The smallest absolute Gasteiger partial charge is 0.224 e. The Bertz CT molecular complexity index is 394. The van der Waals surface area contributed by atoms with Gasteiger partial charge in [0.2, 0.25) is 5.91 Å². The maximum atomic E-state index is 13.3. The summed E-state index contributed by atoms with van der Waals surface area (Å²) in [7, 11) is 0. The summed E-state index contributed by atoms with van der Waals surface area (Å²) in [6.07, 6.45) is 0.598. The molecule has 0 aliphatic heterocycles. The van der Waals surface area contributed by atoms with E-state index in [0.717, 1.165) is 12.1 Å². The molecule has 1 atom stereocenters. The average molecular weight is 262 g/mol. The summed E-state index contributed by atoms with van der Waals surface area (Å²) in [6, 6.07) is 3.05. The fourth-order valence-corrected chi connectivity index (χ4v) is 1.66. The number of benzene rings is 1. The van der Waals surface area contributed by atoms with Crippen LogP contribution in [0.5, 0.6) is 0 Å². The molecule has 0 fully saturated rings. The topological polar surface area (TPSA) is 29.1 Å². The average Bonchev–Trinajstić information content (AvgIpc) is 2.29. The molecule has 1 unspecified atom stereocenters. The van der Waals surface area contributed by atoms with Crippen molar-refractivity contribution >= 4 is 17.5 Å². The summed E-state index contributed by atoms with van der Waals surface area (Å²) in [4.78, 5) is 11.5. The van der Waals surface area contributed by atoms with Crippen molar-refractivity contribution in [3.63, 3.8) is 0 Å². The van der Waals surface area contributed by atoms with Gasteiger partial charge < -0.3 is 5.32 Å². The van der Waals surface area contributed by atoms with Gasteiger partial charge in [-0.05, 0) is 18.1 Å². The van der Waals surface area contributed by atoms with E-state index in [9.17, 15) is 13.6 Å². The number of carbonyl (C=O) groups is 1. The first-order valence-electron chi connectivity index (χ1n) is 5.36. The van der Waals surface area contributed by atoms with Crippen molar-refractivity contribution < 1.29 is 13.6 Å². The highest BCUT2D eigenvalue weighted by molar-refractivity contribution is 6.18. The van der Waals surface area contributed by atoms with Gasteiger partial charge in [0.15, 0.2) is 0 Å². The standard InChI is InChI=1S/C12H14ClF2NO/c1-2-10(7-13)16-12(17)5-8-3-4-9(14)6-11(8)15/h3-4,6,10H,2,5,7H2,1H3,(H,16,17). The Kier molecular flexibility index (Phi) is 5.35. The zero-order chi connectivity index (χ0) is 12.8. The number of amides is 1. The maximum Gasteiger partial charge on any atom is 0.224 e. The molecule has 5 heteroatoms. The highest BCUT2D eigenvalue weighted by atomic mass is 35.5. The monoisotopic (exact) mass is 261 g/mol. The van der Waals surface area contributed by atoms with Crippen LogP contribution in [0.15, 0.2) is 18.2 Å². The molecule has 0 saturated heterocycles. The largest absolute Gasteiger partial charge is 0.352 e. The third-order valence-corrected chi connectivity index (χ3v) is 2.78. The van der Waals surface area contributed by atoms with Gasteiger partial charge in [-0.15, -0.1) is 11.6 Å². The lowest BCUT2D eigenvalue weighted by Crippen LogP contribution is -2.36. The molecule has 0 saturated carbocycles.